The van der Waals surface area contributed by atoms with Gasteiger partial charge in [0.2, 0.25) is 11.2 Å². The van der Waals surface area contributed by atoms with Crippen molar-refractivity contribution in [3.05, 3.63) is 78.9 Å². The second-order valence-corrected chi connectivity index (χ2v) is 17.5. The van der Waals surface area contributed by atoms with Crippen LogP contribution in [-0.2, 0) is 58.5 Å². The van der Waals surface area contributed by atoms with Crippen molar-refractivity contribution >= 4 is 75.1 Å². The Balaban J connectivity index is 0.000000299. The molecular formula is C52H71ClN10O12Pd. The molecular weight excluding hydrogens is 1100 g/mol. The molecule has 8 rings (SSSR count). The SMILES string of the molecule is CC(=O)O.CC(=O)O.COC(=O)CCCCCCOc1ccc(N)cc1.COC(=O)CCCCCCOc1ccc(Nc2ncc3ncn(C4CCCCO4)c3n2)cc1.Clc1ncc2ncn(C3CCCCO3)c2n1.[Pd]. The maximum Gasteiger partial charge on any atom is 0.305 e. The summed E-state index contributed by atoms with van der Waals surface area (Å²) >= 11 is 5.78. The van der Waals surface area contributed by atoms with Crippen LogP contribution in [0.3, 0.4) is 0 Å². The number of aliphatic carboxylic acids is 2. The normalized spacial score (nSPS) is 14.5. The van der Waals surface area contributed by atoms with Gasteiger partial charge in [0.05, 0.1) is 52.5 Å². The van der Waals surface area contributed by atoms with E-state index in [9.17, 15) is 9.59 Å². The predicted octanol–water partition coefficient (Wildman–Crippen LogP) is 9.90. The number of nitrogens with one attached hydrogen (secondary N) is 1. The van der Waals surface area contributed by atoms with Crippen LogP contribution >= 0.6 is 11.6 Å². The first kappa shape index (κ1) is 63.8. The third kappa shape index (κ3) is 24.9. The van der Waals surface area contributed by atoms with Crippen molar-refractivity contribution in [3.63, 3.8) is 0 Å². The Kier molecular flexibility index (Phi) is 30.6. The number of fused-ring (bicyclic) bond motifs is 2. The molecule has 2 unspecified atom stereocenters. The van der Waals surface area contributed by atoms with E-state index in [-0.39, 0.29) is 50.1 Å². The number of unbranched alkanes of at least 4 members (excludes halogenated alkanes) is 6. The molecule has 0 spiro atoms. The van der Waals surface area contributed by atoms with Crippen LogP contribution in [0.2, 0.25) is 5.28 Å². The number of nitrogen functional groups attached to an aromatic ring is 1. The molecule has 5 N–H and O–H groups in total. The van der Waals surface area contributed by atoms with E-state index >= 15 is 0 Å². The number of rotatable bonds is 20. The molecule has 4 aromatic heterocycles. The number of benzene rings is 2. The van der Waals surface area contributed by atoms with Gasteiger partial charge in [-0.25, -0.2) is 19.9 Å². The molecule has 76 heavy (non-hydrogen) atoms. The van der Waals surface area contributed by atoms with Gasteiger partial charge in [0, 0.05) is 71.7 Å². The summed E-state index contributed by atoms with van der Waals surface area (Å²) in [6.07, 6.45) is 22.2. The Morgan fingerprint density at radius 1 is 0.645 bits per heavy atom. The van der Waals surface area contributed by atoms with Gasteiger partial charge in [-0.05, 0) is 124 Å². The van der Waals surface area contributed by atoms with E-state index in [1.54, 1.807) is 25.0 Å². The Labute approximate surface area is 461 Å². The molecule has 2 atom stereocenters. The standard InChI is InChI=1S/C24H31N5O4.C14H21NO3.C10H11ClN4O.2C2H4O2.Pd/c1-31-22(30)9-4-2-3-6-14-32-19-12-10-18(11-13-19)27-24-25-16-20-23(28-24)29(17-26-20)21-8-5-7-15-33-21;1-17-14(16)6-4-2-3-5-11-18-13-9-7-12(15)8-10-13;11-10-12-5-7-9(14-10)15(6-13-7)8-3-1-2-4-16-8;2*1-2(3)4;/h10-13,16-17,21H,2-9,14-15H2,1H3,(H,25,27,28);7-10H,2-6,11,15H2,1H3;5-6,8H,1-4H2;2*1H3,(H,3,4);. The molecule has 418 valence electrons. The maximum absolute atomic E-state index is 11.1. The zero-order valence-electron chi connectivity index (χ0n) is 43.6. The molecule has 6 aromatic rings. The number of esters is 2. The minimum Gasteiger partial charge on any atom is -0.494 e. The molecule has 6 heterocycles. The van der Waals surface area contributed by atoms with Gasteiger partial charge in [0.15, 0.2) is 11.3 Å². The van der Waals surface area contributed by atoms with E-state index in [4.69, 9.17) is 56.1 Å². The molecule has 2 aliphatic rings. The van der Waals surface area contributed by atoms with Crippen molar-refractivity contribution < 1.29 is 78.2 Å². The third-order valence-corrected chi connectivity index (χ3v) is 11.2. The molecule has 0 saturated carbocycles. The third-order valence-electron chi connectivity index (χ3n) is 11.1. The average molecular weight is 1170 g/mol. The van der Waals surface area contributed by atoms with Crippen molar-refractivity contribution in [2.45, 2.75) is 129 Å². The number of carboxylic acids is 2. The number of carbonyl (C=O) groups excluding carboxylic acids is 2. The summed E-state index contributed by atoms with van der Waals surface area (Å²) in [4.78, 5) is 65.7. The molecule has 0 amide bonds. The minimum absolute atomic E-state index is 0. The number of anilines is 3. The van der Waals surface area contributed by atoms with E-state index in [0.29, 0.717) is 32.0 Å². The van der Waals surface area contributed by atoms with Crippen molar-refractivity contribution in [3.8, 4) is 11.5 Å². The van der Waals surface area contributed by atoms with Gasteiger partial charge in [-0.3, -0.25) is 28.3 Å². The van der Waals surface area contributed by atoms with Gasteiger partial charge in [-0.1, -0.05) is 25.7 Å². The molecule has 22 nitrogen and oxygen atoms in total. The van der Waals surface area contributed by atoms with Gasteiger partial charge in [0.25, 0.3) is 11.9 Å². The van der Waals surface area contributed by atoms with Gasteiger partial charge >= 0.3 is 11.9 Å². The zero-order valence-corrected chi connectivity index (χ0v) is 45.9. The van der Waals surface area contributed by atoms with E-state index in [2.05, 4.69) is 44.7 Å². The number of nitrogens with zero attached hydrogens (tertiary/aromatic N) is 8. The maximum atomic E-state index is 11.1. The van der Waals surface area contributed by atoms with Gasteiger partial charge in [0.1, 0.15) is 35.0 Å². The summed E-state index contributed by atoms with van der Waals surface area (Å²) in [5.74, 6) is 0.237. The number of ether oxygens (including phenoxy) is 6. The summed E-state index contributed by atoms with van der Waals surface area (Å²) in [7, 11) is 2.84. The van der Waals surface area contributed by atoms with Crippen LogP contribution in [0.25, 0.3) is 22.3 Å². The number of halogens is 1. The first-order valence-corrected chi connectivity index (χ1v) is 25.4. The number of carboxylic acid groups (broad SMARTS) is 2. The molecule has 0 aliphatic carbocycles. The molecule has 0 radical (unpaired) electrons. The van der Waals surface area contributed by atoms with Crippen LogP contribution in [0.1, 0.15) is 129 Å². The number of methoxy groups -OCH3 is 2. The molecule has 2 aromatic carbocycles. The van der Waals surface area contributed by atoms with Crippen molar-refractivity contribution in [1.82, 2.24) is 39.0 Å². The van der Waals surface area contributed by atoms with Gasteiger partial charge < -0.3 is 49.7 Å². The molecule has 2 saturated heterocycles. The molecule has 2 aliphatic heterocycles. The summed E-state index contributed by atoms with van der Waals surface area (Å²) in [5.41, 5.74) is 10.2. The van der Waals surface area contributed by atoms with E-state index in [1.807, 2.05) is 57.7 Å². The smallest absolute Gasteiger partial charge is 0.305 e. The van der Waals surface area contributed by atoms with Crippen LogP contribution in [-0.4, -0.2) is 114 Å². The quantitative estimate of drug-likeness (QED) is 0.0182. The summed E-state index contributed by atoms with van der Waals surface area (Å²) < 4.78 is 36.1. The second kappa shape index (κ2) is 36.5. The summed E-state index contributed by atoms with van der Waals surface area (Å²) in [6, 6.07) is 15.1. The van der Waals surface area contributed by atoms with E-state index in [0.717, 1.165) is 156 Å². The van der Waals surface area contributed by atoms with Crippen molar-refractivity contribution in [2.75, 3.05) is 51.7 Å². The zero-order chi connectivity index (χ0) is 54.2. The van der Waals surface area contributed by atoms with Crippen molar-refractivity contribution in [2.24, 2.45) is 0 Å². The Morgan fingerprint density at radius 2 is 1.08 bits per heavy atom. The van der Waals surface area contributed by atoms with Gasteiger partial charge in [-0.15, -0.1) is 0 Å². The second-order valence-electron chi connectivity index (χ2n) is 17.1. The summed E-state index contributed by atoms with van der Waals surface area (Å²) in [5, 5.41) is 18.3. The number of hydrogen-bond donors (Lipinski definition) is 4. The fraction of sp³-hybridized carbons (Fsp3) is 0.500. The number of nitrogens with two attached hydrogens (primary N) is 1. The van der Waals surface area contributed by atoms with Crippen molar-refractivity contribution in [1.29, 1.82) is 0 Å². The molecule has 24 heteroatoms. The van der Waals surface area contributed by atoms with Crippen LogP contribution in [0.15, 0.2) is 73.6 Å². The number of imidazole rings is 2. The molecule has 2 fully saturated rings. The van der Waals surface area contributed by atoms with E-state index < -0.39 is 11.9 Å². The topological polar surface area (TPSA) is 289 Å². The fourth-order valence-corrected chi connectivity index (χ4v) is 7.49. The van der Waals surface area contributed by atoms with Crippen LogP contribution in [0.5, 0.6) is 11.5 Å². The Hall–Kier alpha value is -6.51. The molecule has 0 bridgehead atoms. The van der Waals surface area contributed by atoms with E-state index in [1.165, 1.54) is 20.6 Å². The first-order chi connectivity index (χ1) is 36.3. The van der Waals surface area contributed by atoms with Crippen LogP contribution in [0.4, 0.5) is 17.3 Å². The number of hydrogen-bond acceptors (Lipinski definition) is 18. The minimum atomic E-state index is -0.833. The van der Waals surface area contributed by atoms with Crippen LogP contribution in [0, 0.1) is 0 Å². The predicted molar refractivity (Wildman–Crippen MR) is 282 cm³/mol. The number of carbonyl (C=O) groups is 4. The van der Waals surface area contributed by atoms with Gasteiger partial charge in [-0.2, -0.15) is 9.97 Å². The number of aromatic nitrogens is 8. The van der Waals surface area contributed by atoms with Crippen LogP contribution < -0.4 is 20.5 Å². The summed E-state index contributed by atoms with van der Waals surface area (Å²) in [6.45, 7) is 5.08. The largest absolute Gasteiger partial charge is 0.494 e. The Morgan fingerprint density at radius 3 is 1.53 bits per heavy atom. The first-order valence-electron chi connectivity index (χ1n) is 25.0. The monoisotopic (exact) mass is 1170 g/mol. The fourth-order valence-electron chi connectivity index (χ4n) is 7.36. The Bertz CT molecular complexity index is 2590. The average Bonchev–Trinajstić information content (AvgIpc) is 4.04.